The SMILES string of the molecule is CNCCCN(CCCCN(CCCNC(C)C)C(C)C)C(C)C. The van der Waals surface area contributed by atoms with Crippen LogP contribution in [-0.2, 0) is 0 Å². The van der Waals surface area contributed by atoms with Gasteiger partial charge < -0.3 is 20.4 Å². The van der Waals surface area contributed by atoms with Crippen molar-refractivity contribution in [2.45, 2.75) is 85.4 Å². The third kappa shape index (κ3) is 13.2. The monoisotopic (exact) mass is 342 g/mol. The van der Waals surface area contributed by atoms with E-state index in [-0.39, 0.29) is 0 Å². The van der Waals surface area contributed by atoms with Crippen LogP contribution < -0.4 is 10.6 Å². The molecule has 0 saturated carbocycles. The summed E-state index contributed by atoms with van der Waals surface area (Å²) in [6.07, 6.45) is 5.12. The smallest absolute Gasteiger partial charge is 0.00385 e. The van der Waals surface area contributed by atoms with Gasteiger partial charge in [-0.05, 0) is 99.7 Å². The molecule has 0 aromatic rings. The Kier molecular flexibility index (Phi) is 15.0. The Bertz CT molecular complexity index is 266. The Labute approximate surface area is 152 Å². The molecule has 0 rings (SSSR count). The minimum absolute atomic E-state index is 0.599. The van der Waals surface area contributed by atoms with E-state index in [2.05, 4.69) is 62.0 Å². The maximum absolute atomic E-state index is 3.52. The second-order valence-corrected chi connectivity index (χ2v) is 7.89. The van der Waals surface area contributed by atoms with Crippen LogP contribution in [0.1, 0.15) is 67.2 Å². The molecule has 0 radical (unpaired) electrons. The van der Waals surface area contributed by atoms with Gasteiger partial charge in [-0.1, -0.05) is 13.8 Å². The van der Waals surface area contributed by atoms with Crippen LogP contribution in [0.3, 0.4) is 0 Å². The lowest BCUT2D eigenvalue weighted by molar-refractivity contribution is 0.190. The summed E-state index contributed by atoms with van der Waals surface area (Å²) in [5.41, 5.74) is 0. The van der Waals surface area contributed by atoms with Gasteiger partial charge in [-0.3, -0.25) is 0 Å². The van der Waals surface area contributed by atoms with Crippen LogP contribution in [0.25, 0.3) is 0 Å². The van der Waals surface area contributed by atoms with Crippen molar-refractivity contribution in [2.24, 2.45) is 0 Å². The Morgan fingerprint density at radius 3 is 1.42 bits per heavy atom. The van der Waals surface area contributed by atoms with Crippen LogP contribution in [0.2, 0.25) is 0 Å². The molecule has 24 heavy (non-hydrogen) atoms. The normalized spacial score (nSPS) is 12.5. The first-order valence-electron chi connectivity index (χ1n) is 10.2. The quantitative estimate of drug-likeness (QED) is 0.422. The number of rotatable bonds is 16. The second-order valence-electron chi connectivity index (χ2n) is 7.89. The van der Waals surface area contributed by atoms with Crippen LogP contribution in [0.5, 0.6) is 0 Å². The largest absolute Gasteiger partial charge is 0.320 e. The molecule has 0 aliphatic carbocycles. The van der Waals surface area contributed by atoms with Gasteiger partial charge in [0.05, 0.1) is 0 Å². The summed E-state index contributed by atoms with van der Waals surface area (Å²) in [5, 5.41) is 6.77. The maximum Gasteiger partial charge on any atom is 0.00385 e. The predicted molar refractivity (Wildman–Crippen MR) is 109 cm³/mol. The molecular formula is C20H46N4. The predicted octanol–water partition coefficient (Wildman–Crippen LogP) is 3.19. The van der Waals surface area contributed by atoms with E-state index in [4.69, 9.17) is 0 Å². The van der Waals surface area contributed by atoms with E-state index >= 15 is 0 Å². The molecule has 2 N–H and O–H groups in total. The lowest BCUT2D eigenvalue weighted by atomic mass is 10.2. The molecule has 0 saturated heterocycles. The van der Waals surface area contributed by atoms with Gasteiger partial charge in [0.2, 0.25) is 0 Å². The zero-order valence-electron chi connectivity index (χ0n) is 17.7. The molecule has 0 spiro atoms. The standard InChI is InChI=1S/C20H46N4/c1-18(2)22-13-11-17-24(20(5)6)15-9-8-14-23(19(3)4)16-10-12-21-7/h18-22H,8-17H2,1-7H3. The highest BCUT2D eigenvalue weighted by molar-refractivity contribution is 4.67. The van der Waals surface area contributed by atoms with E-state index in [1.54, 1.807) is 0 Å². The van der Waals surface area contributed by atoms with Crippen molar-refractivity contribution in [3.05, 3.63) is 0 Å². The Balaban J connectivity index is 3.95. The summed E-state index contributed by atoms with van der Waals surface area (Å²) in [6, 6.07) is 1.91. The summed E-state index contributed by atoms with van der Waals surface area (Å²) in [7, 11) is 2.04. The minimum atomic E-state index is 0.599. The van der Waals surface area contributed by atoms with Gasteiger partial charge in [-0.2, -0.15) is 0 Å². The first-order valence-corrected chi connectivity index (χ1v) is 10.2. The highest BCUT2D eigenvalue weighted by Crippen LogP contribution is 2.06. The van der Waals surface area contributed by atoms with Gasteiger partial charge in [0, 0.05) is 18.1 Å². The van der Waals surface area contributed by atoms with E-state index in [0.717, 1.165) is 13.1 Å². The highest BCUT2D eigenvalue weighted by Gasteiger charge is 2.11. The molecule has 0 atom stereocenters. The Morgan fingerprint density at radius 1 is 0.625 bits per heavy atom. The Hall–Kier alpha value is -0.160. The topological polar surface area (TPSA) is 30.5 Å². The molecule has 0 fully saturated rings. The second kappa shape index (κ2) is 15.1. The fourth-order valence-corrected chi connectivity index (χ4v) is 3.02. The van der Waals surface area contributed by atoms with Crippen LogP contribution in [0.15, 0.2) is 0 Å². The summed E-state index contributed by atoms with van der Waals surface area (Å²) >= 11 is 0. The average molecular weight is 343 g/mol. The third-order valence-electron chi connectivity index (χ3n) is 4.65. The molecule has 4 heteroatoms. The van der Waals surface area contributed by atoms with Crippen molar-refractivity contribution >= 4 is 0 Å². The molecule has 0 bridgehead atoms. The van der Waals surface area contributed by atoms with Gasteiger partial charge >= 0.3 is 0 Å². The van der Waals surface area contributed by atoms with E-state index in [1.165, 1.54) is 51.9 Å². The molecule has 0 heterocycles. The summed E-state index contributed by atoms with van der Waals surface area (Å²) in [4.78, 5) is 5.27. The van der Waals surface area contributed by atoms with Gasteiger partial charge in [0.25, 0.3) is 0 Å². The van der Waals surface area contributed by atoms with Crippen LogP contribution >= 0.6 is 0 Å². The summed E-state index contributed by atoms with van der Waals surface area (Å²) in [6.45, 7) is 20.9. The lowest BCUT2D eigenvalue weighted by Crippen LogP contribution is -2.36. The first kappa shape index (κ1) is 23.8. The fraction of sp³-hybridized carbons (Fsp3) is 1.00. The Morgan fingerprint density at radius 2 is 1.04 bits per heavy atom. The van der Waals surface area contributed by atoms with Gasteiger partial charge in [-0.25, -0.2) is 0 Å². The molecule has 4 nitrogen and oxygen atoms in total. The fourth-order valence-electron chi connectivity index (χ4n) is 3.02. The molecule has 0 amide bonds. The molecule has 0 aliphatic rings. The van der Waals surface area contributed by atoms with Crippen LogP contribution in [-0.4, -0.2) is 74.2 Å². The van der Waals surface area contributed by atoms with Gasteiger partial charge in [0.15, 0.2) is 0 Å². The number of hydrogen-bond acceptors (Lipinski definition) is 4. The molecule has 0 unspecified atom stereocenters. The van der Waals surface area contributed by atoms with Crippen molar-refractivity contribution in [3.8, 4) is 0 Å². The number of unbranched alkanes of at least 4 members (excludes halogenated alkanes) is 1. The van der Waals surface area contributed by atoms with E-state index < -0.39 is 0 Å². The van der Waals surface area contributed by atoms with Crippen LogP contribution in [0, 0.1) is 0 Å². The van der Waals surface area contributed by atoms with Crippen molar-refractivity contribution in [1.82, 2.24) is 20.4 Å². The minimum Gasteiger partial charge on any atom is -0.320 e. The van der Waals surface area contributed by atoms with Gasteiger partial charge in [0.1, 0.15) is 0 Å². The zero-order chi connectivity index (χ0) is 18.4. The number of nitrogens with zero attached hydrogens (tertiary/aromatic N) is 2. The summed E-state index contributed by atoms with van der Waals surface area (Å²) in [5.74, 6) is 0. The molecule has 146 valence electrons. The maximum atomic E-state index is 3.52. The van der Waals surface area contributed by atoms with E-state index in [9.17, 15) is 0 Å². The number of hydrogen-bond donors (Lipinski definition) is 2. The van der Waals surface area contributed by atoms with E-state index in [1.807, 2.05) is 7.05 Å². The molecule has 0 aliphatic heterocycles. The van der Waals surface area contributed by atoms with Gasteiger partial charge in [-0.15, -0.1) is 0 Å². The van der Waals surface area contributed by atoms with Crippen molar-refractivity contribution in [3.63, 3.8) is 0 Å². The highest BCUT2D eigenvalue weighted by atomic mass is 15.2. The molecular weight excluding hydrogens is 296 g/mol. The average Bonchev–Trinajstić information content (AvgIpc) is 2.50. The molecule has 0 aromatic heterocycles. The third-order valence-corrected chi connectivity index (χ3v) is 4.65. The zero-order valence-corrected chi connectivity index (χ0v) is 17.7. The van der Waals surface area contributed by atoms with Crippen molar-refractivity contribution in [2.75, 3.05) is 46.3 Å². The summed E-state index contributed by atoms with van der Waals surface area (Å²) < 4.78 is 0. The lowest BCUT2D eigenvalue weighted by Gasteiger charge is -2.29. The number of nitrogens with one attached hydrogen (secondary N) is 2. The molecule has 0 aromatic carbocycles. The van der Waals surface area contributed by atoms with Crippen molar-refractivity contribution < 1.29 is 0 Å². The van der Waals surface area contributed by atoms with Crippen molar-refractivity contribution in [1.29, 1.82) is 0 Å². The van der Waals surface area contributed by atoms with Crippen LogP contribution in [0.4, 0.5) is 0 Å². The first-order chi connectivity index (χ1) is 11.4. The van der Waals surface area contributed by atoms with E-state index in [0.29, 0.717) is 18.1 Å².